The van der Waals surface area contributed by atoms with Gasteiger partial charge in [-0.05, 0) is 30.2 Å². The fraction of sp³-hybridized carbons (Fsp3) is 0.143. The number of aliphatic hydroxyl groups excluding tert-OH is 1. The molecule has 1 atom stereocenters. The van der Waals surface area contributed by atoms with Gasteiger partial charge in [0.2, 0.25) is 5.82 Å². The standard InChI is InChI=1S/C14H8F6O/c1-5-2-6(4-7(15)3-5)14(21)8-9(16)11(18)13(20)12(19)10(8)17/h2-4,14,21H,1H3. The van der Waals surface area contributed by atoms with Crippen LogP contribution in [0.2, 0.25) is 0 Å². The summed E-state index contributed by atoms with van der Waals surface area (Å²) >= 11 is 0. The van der Waals surface area contributed by atoms with Crippen LogP contribution in [-0.4, -0.2) is 5.11 Å². The van der Waals surface area contributed by atoms with Gasteiger partial charge in [-0.3, -0.25) is 0 Å². The summed E-state index contributed by atoms with van der Waals surface area (Å²) in [6, 6.07) is 3.00. The van der Waals surface area contributed by atoms with Gasteiger partial charge in [-0.2, -0.15) is 0 Å². The van der Waals surface area contributed by atoms with E-state index in [2.05, 4.69) is 0 Å². The average molecular weight is 306 g/mol. The molecular weight excluding hydrogens is 298 g/mol. The number of rotatable bonds is 2. The minimum absolute atomic E-state index is 0.313. The van der Waals surface area contributed by atoms with Crippen molar-refractivity contribution < 1.29 is 31.4 Å². The molecule has 0 aliphatic heterocycles. The summed E-state index contributed by atoms with van der Waals surface area (Å²) in [6.07, 6.45) is -2.19. The van der Waals surface area contributed by atoms with Crippen molar-refractivity contribution in [3.63, 3.8) is 0 Å². The van der Waals surface area contributed by atoms with Crippen LogP contribution >= 0.6 is 0 Å². The molecule has 112 valence electrons. The molecule has 0 aliphatic carbocycles. The highest BCUT2D eigenvalue weighted by molar-refractivity contribution is 5.35. The molecule has 0 heterocycles. The molecule has 0 spiro atoms. The van der Waals surface area contributed by atoms with Crippen molar-refractivity contribution in [2.24, 2.45) is 0 Å². The van der Waals surface area contributed by atoms with E-state index in [1.165, 1.54) is 13.0 Å². The zero-order valence-corrected chi connectivity index (χ0v) is 10.5. The Morgan fingerprint density at radius 1 is 0.762 bits per heavy atom. The molecule has 0 fully saturated rings. The summed E-state index contributed by atoms with van der Waals surface area (Å²) in [7, 11) is 0. The quantitative estimate of drug-likeness (QED) is 0.507. The van der Waals surface area contributed by atoms with Gasteiger partial charge in [0.1, 0.15) is 11.9 Å². The van der Waals surface area contributed by atoms with E-state index in [1.54, 1.807) is 0 Å². The van der Waals surface area contributed by atoms with Crippen LogP contribution in [0.4, 0.5) is 26.3 Å². The van der Waals surface area contributed by atoms with Crippen LogP contribution in [0, 0.1) is 41.8 Å². The summed E-state index contributed by atoms with van der Waals surface area (Å²) in [4.78, 5) is 0. The van der Waals surface area contributed by atoms with Crippen molar-refractivity contribution >= 4 is 0 Å². The van der Waals surface area contributed by atoms with Crippen molar-refractivity contribution in [3.05, 3.63) is 69.8 Å². The Morgan fingerprint density at radius 2 is 1.24 bits per heavy atom. The van der Waals surface area contributed by atoms with E-state index in [4.69, 9.17) is 0 Å². The van der Waals surface area contributed by atoms with Gasteiger partial charge >= 0.3 is 0 Å². The Balaban J connectivity index is 2.66. The Kier molecular flexibility index (Phi) is 3.95. The van der Waals surface area contributed by atoms with E-state index in [-0.39, 0.29) is 5.56 Å². The highest BCUT2D eigenvalue weighted by Crippen LogP contribution is 2.32. The van der Waals surface area contributed by atoms with E-state index in [1.807, 2.05) is 0 Å². The monoisotopic (exact) mass is 306 g/mol. The van der Waals surface area contributed by atoms with E-state index in [0.717, 1.165) is 12.1 Å². The van der Waals surface area contributed by atoms with Gasteiger partial charge in [0.05, 0.1) is 5.56 Å². The third-order valence-corrected chi connectivity index (χ3v) is 2.90. The minimum atomic E-state index is -2.32. The molecule has 0 aliphatic rings. The molecule has 0 radical (unpaired) electrons. The second-order valence-electron chi connectivity index (χ2n) is 4.45. The first-order valence-corrected chi connectivity index (χ1v) is 5.70. The molecule has 0 saturated heterocycles. The molecule has 21 heavy (non-hydrogen) atoms. The van der Waals surface area contributed by atoms with Crippen molar-refractivity contribution in [2.45, 2.75) is 13.0 Å². The van der Waals surface area contributed by atoms with Crippen LogP contribution in [0.25, 0.3) is 0 Å². The largest absolute Gasteiger partial charge is 0.383 e. The number of halogens is 6. The smallest absolute Gasteiger partial charge is 0.200 e. The van der Waals surface area contributed by atoms with E-state index in [0.29, 0.717) is 5.56 Å². The Labute approximate surface area is 115 Å². The zero-order chi connectivity index (χ0) is 15.9. The van der Waals surface area contributed by atoms with E-state index >= 15 is 0 Å². The predicted molar refractivity (Wildman–Crippen MR) is 61.4 cm³/mol. The Hall–Kier alpha value is -2.02. The third-order valence-electron chi connectivity index (χ3n) is 2.90. The molecule has 2 aromatic rings. The van der Waals surface area contributed by atoms with Crippen molar-refractivity contribution in [1.82, 2.24) is 0 Å². The first kappa shape index (κ1) is 15.4. The minimum Gasteiger partial charge on any atom is -0.383 e. The average Bonchev–Trinajstić information content (AvgIpc) is 2.42. The van der Waals surface area contributed by atoms with Crippen LogP contribution in [0.3, 0.4) is 0 Å². The van der Waals surface area contributed by atoms with Gasteiger partial charge in [-0.15, -0.1) is 0 Å². The third kappa shape index (κ3) is 2.61. The topological polar surface area (TPSA) is 20.2 Å². The van der Waals surface area contributed by atoms with Crippen molar-refractivity contribution in [2.75, 3.05) is 0 Å². The summed E-state index contributed by atoms with van der Waals surface area (Å²) < 4.78 is 79.5. The lowest BCUT2D eigenvalue weighted by Gasteiger charge is -2.15. The summed E-state index contributed by atoms with van der Waals surface area (Å²) in [6.45, 7) is 1.44. The first-order valence-electron chi connectivity index (χ1n) is 5.70. The van der Waals surface area contributed by atoms with Crippen LogP contribution in [0.1, 0.15) is 22.8 Å². The van der Waals surface area contributed by atoms with Gasteiger partial charge in [-0.1, -0.05) is 6.07 Å². The zero-order valence-electron chi connectivity index (χ0n) is 10.5. The molecule has 2 rings (SSSR count). The molecule has 1 N–H and O–H groups in total. The fourth-order valence-electron chi connectivity index (χ4n) is 1.95. The lowest BCUT2D eigenvalue weighted by Crippen LogP contribution is -2.12. The first-order chi connectivity index (χ1) is 9.73. The second kappa shape index (κ2) is 5.40. The second-order valence-corrected chi connectivity index (χ2v) is 4.45. The normalized spacial score (nSPS) is 12.6. The van der Waals surface area contributed by atoms with Gasteiger partial charge in [-0.25, -0.2) is 26.3 Å². The van der Waals surface area contributed by atoms with Crippen LogP contribution in [0.15, 0.2) is 18.2 Å². The summed E-state index contributed by atoms with van der Waals surface area (Å²) in [5.41, 5.74) is -1.43. The van der Waals surface area contributed by atoms with Gasteiger partial charge in [0.25, 0.3) is 0 Å². The highest BCUT2D eigenvalue weighted by atomic mass is 19.2. The van der Waals surface area contributed by atoms with Gasteiger partial charge in [0.15, 0.2) is 23.3 Å². The van der Waals surface area contributed by atoms with Crippen LogP contribution in [0.5, 0.6) is 0 Å². The van der Waals surface area contributed by atoms with E-state index in [9.17, 15) is 31.4 Å². The Morgan fingerprint density at radius 3 is 1.71 bits per heavy atom. The summed E-state index contributed by atoms with van der Waals surface area (Å²) in [5.74, 6) is -11.8. The SMILES string of the molecule is Cc1cc(F)cc(C(O)c2c(F)c(F)c(F)c(F)c2F)c1. The number of aryl methyl sites for hydroxylation is 1. The van der Waals surface area contributed by atoms with Gasteiger partial charge < -0.3 is 5.11 Å². The fourth-order valence-corrected chi connectivity index (χ4v) is 1.95. The van der Waals surface area contributed by atoms with Gasteiger partial charge in [0, 0.05) is 0 Å². The summed E-state index contributed by atoms with van der Waals surface area (Å²) in [5, 5.41) is 9.84. The maximum absolute atomic E-state index is 13.6. The maximum Gasteiger partial charge on any atom is 0.200 e. The number of hydrogen-bond donors (Lipinski definition) is 1. The lowest BCUT2D eigenvalue weighted by atomic mass is 9.98. The van der Waals surface area contributed by atoms with Crippen LogP contribution < -0.4 is 0 Å². The van der Waals surface area contributed by atoms with Crippen LogP contribution in [-0.2, 0) is 0 Å². The molecule has 2 aromatic carbocycles. The Bertz CT molecular complexity index is 664. The highest BCUT2D eigenvalue weighted by Gasteiger charge is 2.30. The molecule has 0 saturated carbocycles. The molecule has 7 heteroatoms. The van der Waals surface area contributed by atoms with Crippen molar-refractivity contribution in [3.8, 4) is 0 Å². The van der Waals surface area contributed by atoms with E-state index < -0.39 is 46.6 Å². The van der Waals surface area contributed by atoms with Crippen molar-refractivity contribution in [1.29, 1.82) is 0 Å². The molecule has 0 bridgehead atoms. The maximum atomic E-state index is 13.6. The number of benzene rings is 2. The number of aliphatic hydroxyl groups is 1. The molecule has 1 nitrogen and oxygen atoms in total. The molecule has 0 aromatic heterocycles. The molecule has 0 amide bonds. The molecular formula is C14H8F6O. The number of hydrogen-bond acceptors (Lipinski definition) is 1. The molecule has 1 unspecified atom stereocenters. The predicted octanol–water partition coefficient (Wildman–Crippen LogP) is 3.91. The lowest BCUT2D eigenvalue weighted by molar-refractivity contribution is 0.202.